The number of nitrogens with zero attached hydrogens (tertiary/aromatic N) is 6. The molecule has 7 heteroatoms. The molecule has 2 aliphatic heterocycles. The fourth-order valence-electron chi connectivity index (χ4n) is 4.54. The molecule has 0 spiro atoms. The van der Waals surface area contributed by atoms with Gasteiger partial charge in [-0.15, -0.1) is 0 Å². The molecule has 32 heavy (non-hydrogen) atoms. The molecule has 6 rings (SSSR count). The van der Waals surface area contributed by atoms with Crippen LogP contribution in [0.15, 0.2) is 66.0 Å². The Kier molecular flexibility index (Phi) is 4.43. The van der Waals surface area contributed by atoms with E-state index in [1.807, 2.05) is 12.4 Å². The van der Waals surface area contributed by atoms with E-state index in [-0.39, 0.29) is 0 Å². The third-order valence-corrected chi connectivity index (χ3v) is 6.43. The molecule has 1 fully saturated rings. The van der Waals surface area contributed by atoms with E-state index in [2.05, 4.69) is 84.9 Å². The normalized spacial score (nSPS) is 16.4. The highest BCUT2D eigenvalue weighted by atomic mass is 15.3. The van der Waals surface area contributed by atoms with E-state index in [0.29, 0.717) is 5.84 Å². The lowest BCUT2D eigenvalue weighted by atomic mass is 10.0. The van der Waals surface area contributed by atoms with Gasteiger partial charge in [-0.1, -0.05) is 12.1 Å². The molecule has 0 bridgehead atoms. The molecule has 1 aromatic carbocycles. The summed E-state index contributed by atoms with van der Waals surface area (Å²) in [7, 11) is 2.17. The van der Waals surface area contributed by atoms with Gasteiger partial charge in [0.05, 0.1) is 17.6 Å². The van der Waals surface area contributed by atoms with Gasteiger partial charge < -0.3 is 15.5 Å². The van der Waals surface area contributed by atoms with Crippen LogP contribution in [0.3, 0.4) is 0 Å². The third-order valence-electron chi connectivity index (χ3n) is 6.43. The zero-order valence-electron chi connectivity index (χ0n) is 18.1. The molecule has 5 heterocycles. The highest BCUT2D eigenvalue weighted by molar-refractivity contribution is 5.91. The van der Waals surface area contributed by atoms with Gasteiger partial charge in [0.2, 0.25) is 0 Å². The number of fused-ring (bicyclic) bond motifs is 2. The molecule has 0 unspecified atom stereocenters. The summed E-state index contributed by atoms with van der Waals surface area (Å²) in [5, 5.41) is 0. The van der Waals surface area contributed by atoms with Gasteiger partial charge in [-0.3, -0.25) is 4.40 Å². The number of anilines is 1. The molecule has 2 aliphatic rings. The number of amidine groups is 1. The van der Waals surface area contributed by atoms with E-state index >= 15 is 0 Å². The number of aromatic nitrogens is 3. The number of aliphatic imine (C=N–C) groups is 1. The van der Waals surface area contributed by atoms with Gasteiger partial charge in [-0.25, -0.2) is 15.0 Å². The van der Waals surface area contributed by atoms with Crippen molar-refractivity contribution in [2.45, 2.75) is 6.42 Å². The first-order chi connectivity index (χ1) is 15.6. The van der Waals surface area contributed by atoms with Crippen molar-refractivity contribution < 1.29 is 0 Å². The van der Waals surface area contributed by atoms with Crippen LogP contribution >= 0.6 is 0 Å². The topological polar surface area (TPSA) is 75.0 Å². The number of benzene rings is 1. The van der Waals surface area contributed by atoms with E-state index < -0.39 is 0 Å². The van der Waals surface area contributed by atoms with Crippen LogP contribution in [-0.2, 0) is 6.42 Å². The molecular formula is C25H25N7. The van der Waals surface area contributed by atoms with Crippen LogP contribution in [0.25, 0.3) is 28.0 Å². The molecule has 4 aromatic rings. The van der Waals surface area contributed by atoms with Gasteiger partial charge in [-0.2, -0.15) is 0 Å². The summed E-state index contributed by atoms with van der Waals surface area (Å²) in [6.07, 6.45) is 6.72. The predicted octanol–water partition coefficient (Wildman–Crippen LogP) is 3.36. The van der Waals surface area contributed by atoms with E-state index in [0.717, 1.165) is 72.1 Å². The first kappa shape index (κ1) is 19.0. The maximum Gasteiger partial charge on any atom is 0.137 e. The van der Waals surface area contributed by atoms with Crippen molar-refractivity contribution in [1.29, 1.82) is 0 Å². The Morgan fingerprint density at radius 3 is 2.59 bits per heavy atom. The van der Waals surface area contributed by atoms with Crippen LogP contribution in [0, 0.1) is 0 Å². The summed E-state index contributed by atoms with van der Waals surface area (Å²) >= 11 is 0. The Morgan fingerprint density at radius 2 is 1.72 bits per heavy atom. The minimum absolute atomic E-state index is 0.679. The highest BCUT2D eigenvalue weighted by Crippen LogP contribution is 2.32. The summed E-state index contributed by atoms with van der Waals surface area (Å²) in [5.41, 5.74) is 13.4. The Morgan fingerprint density at radius 1 is 0.875 bits per heavy atom. The number of hydrogen-bond donors (Lipinski definition) is 1. The second kappa shape index (κ2) is 7.46. The summed E-state index contributed by atoms with van der Waals surface area (Å²) in [6.45, 7) is 4.11. The van der Waals surface area contributed by atoms with Crippen LogP contribution in [0.2, 0.25) is 0 Å². The summed E-state index contributed by atoms with van der Waals surface area (Å²) in [6, 6.07) is 14.8. The van der Waals surface area contributed by atoms with Crippen LogP contribution in [-0.4, -0.2) is 58.3 Å². The Labute approximate surface area is 186 Å². The smallest absolute Gasteiger partial charge is 0.137 e. The van der Waals surface area contributed by atoms with Crippen LogP contribution in [0.4, 0.5) is 11.5 Å². The van der Waals surface area contributed by atoms with E-state index in [4.69, 9.17) is 5.73 Å². The Bertz CT molecular complexity index is 1350. The van der Waals surface area contributed by atoms with Crippen molar-refractivity contribution in [1.82, 2.24) is 19.3 Å². The van der Waals surface area contributed by atoms with Gasteiger partial charge in [0, 0.05) is 50.6 Å². The zero-order chi connectivity index (χ0) is 21.7. The number of hydrogen-bond acceptors (Lipinski definition) is 6. The number of pyridine rings is 2. The van der Waals surface area contributed by atoms with Crippen molar-refractivity contribution in [3.63, 3.8) is 0 Å². The summed E-state index contributed by atoms with van der Waals surface area (Å²) in [4.78, 5) is 18.5. The van der Waals surface area contributed by atoms with Crippen molar-refractivity contribution in [3.05, 3.63) is 66.6 Å². The molecular weight excluding hydrogens is 398 g/mol. The molecule has 0 saturated carbocycles. The van der Waals surface area contributed by atoms with Gasteiger partial charge in [-0.05, 0) is 54.1 Å². The average molecular weight is 424 g/mol. The lowest BCUT2D eigenvalue weighted by Gasteiger charge is -2.33. The second-order valence-corrected chi connectivity index (χ2v) is 8.61. The van der Waals surface area contributed by atoms with E-state index in [1.165, 1.54) is 5.56 Å². The third kappa shape index (κ3) is 3.31. The lowest BCUT2D eigenvalue weighted by molar-refractivity contribution is 0.312. The number of rotatable bonds is 3. The number of likely N-dealkylation sites (N-methyl/N-ethyl adjacent to an activating group) is 1. The van der Waals surface area contributed by atoms with Crippen LogP contribution < -0.4 is 10.6 Å². The zero-order valence-corrected chi connectivity index (χ0v) is 18.1. The number of piperazine rings is 1. The van der Waals surface area contributed by atoms with Crippen LogP contribution in [0.5, 0.6) is 0 Å². The minimum Gasteiger partial charge on any atom is -0.387 e. The predicted molar refractivity (Wildman–Crippen MR) is 129 cm³/mol. The molecule has 1 saturated heterocycles. The minimum atomic E-state index is 0.679. The SMILES string of the molecule is CN1CCN(c2cc(-c3cnc4ccc(-c5ccc6c(c5)N=C(N)C6)cn34)ccn2)CC1. The Hall–Kier alpha value is -3.71. The molecule has 2 N–H and O–H groups in total. The maximum absolute atomic E-state index is 5.92. The van der Waals surface area contributed by atoms with E-state index in [1.54, 1.807) is 0 Å². The second-order valence-electron chi connectivity index (χ2n) is 8.61. The fraction of sp³-hybridized carbons (Fsp3) is 0.240. The first-order valence-electron chi connectivity index (χ1n) is 11.0. The average Bonchev–Trinajstić information content (AvgIpc) is 3.41. The standard InChI is InChI=1S/C25H25N7/c1-30-8-10-31(11-9-30)25-14-19(6-7-27-25)22-15-28-24-5-4-20(16-32(22)24)17-2-3-18-13-23(26)29-21(18)12-17/h2-7,12,14-16H,8-11,13H2,1H3,(H2,26,29). The largest absolute Gasteiger partial charge is 0.387 e. The monoisotopic (exact) mass is 423 g/mol. The van der Waals surface area contributed by atoms with Crippen molar-refractivity contribution >= 4 is 23.0 Å². The molecule has 0 amide bonds. The molecule has 0 aliphatic carbocycles. The molecule has 0 radical (unpaired) electrons. The highest BCUT2D eigenvalue weighted by Gasteiger charge is 2.17. The van der Waals surface area contributed by atoms with E-state index in [9.17, 15) is 0 Å². The van der Waals surface area contributed by atoms with Crippen LogP contribution in [0.1, 0.15) is 5.56 Å². The summed E-state index contributed by atoms with van der Waals surface area (Å²) in [5.74, 6) is 1.70. The summed E-state index contributed by atoms with van der Waals surface area (Å²) < 4.78 is 2.16. The van der Waals surface area contributed by atoms with Crippen molar-refractivity contribution in [2.75, 3.05) is 38.1 Å². The molecule has 7 nitrogen and oxygen atoms in total. The molecule has 3 aromatic heterocycles. The lowest BCUT2D eigenvalue weighted by Crippen LogP contribution is -2.44. The van der Waals surface area contributed by atoms with Gasteiger partial charge in [0.15, 0.2) is 0 Å². The number of imidazole rings is 1. The first-order valence-corrected chi connectivity index (χ1v) is 11.0. The number of nitrogens with two attached hydrogens (primary N) is 1. The van der Waals surface area contributed by atoms with Crippen molar-refractivity contribution in [3.8, 4) is 22.4 Å². The maximum atomic E-state index is 5.92. The molecule has 160 valence electrons. The Balaban J connectivity index is 1.37. The van der Waals surface area contributed by atoms with Gasteiger partial charge in [0.1, 0.15) is 17.3 Å². The molecule has 0 atom stereocenters. The quantitative estimate of drug-likeness (QED) is 0.547. The van der Waals surface area contributed by atoms with Gasteiger partial charge >= 0.3 is 0 Å². The van der Waals surface area contributed by atoms with Crippen molar-refractivity contribution in [2.24, 2.45) is 10.7 Å². The fourth-order valence-corrected chi connectivity index (χ4v) is 4.54. The van der Waals surface area contributed by atoms with Gasteiger partial charge in [0.25, 0.3) is 0 Å².